The van der Waals surface area contributed by atoms with Gasteiger partial charge in [0.2, 0.25) is 0 Å². The molecular formula is C16H10F3IN2S. The normalized spacial score (nSPS) is 11.5. The molecule has 2 aromatic carbocycles. The van der Waals surface area contributed by atoms with Crippen LogP contribution in [-0.4, -0.2) is 4.98 Å². The van der Waals surface area contributed by atoms with Gasteiger partial charge in [-0.3, -0.25) is 0 Å². The monoisotopic (exact) mass is 446 g/mol. The lowest BCUT2D eigenvalue weighted by Crippen LogP contribution is -2.05. The Hall–Kier alpha value is -1.61. The average Bonchev–Trinajstić information content (AvgIpc) is 2.96. The quantitative estimate of drug-likeness (QED) is 0.487. The van der Waals surface area contributed by atoms with E-state index in [-0.39, 0.29) is 0 Å². The summed E-state index contributed by atoms with van der Waals surface area (Å²) in [6, 6.07) is 13.0. The Labute approximate surface area is 148 Å². The second-order valence-electron chi connectivity index (χ2n) is 4.75. The molecule has 0 aliphatic rings. The van der Waals surface area contributed by atoms with Crippen molar-refractivity contribution in [2.45, 2.75) is 6.18 Å². The van der Waals surface area contributed by atoms with Gasteiger partial charge in [0.15, 0.2) is 5.13 Å². The largest absolute Gasteiger partial charge is 0.416 e. The Morgan fingerprint density at radius 3 is 2.48 bits per heavy atom. The molecule has 7 heteroatoms. The predicted molar refractivity (Wildman–Crippen MR) is 95.0 cm³/mol. The second kappa shape index (κ2) is 6.48. The molecule has 1 aromatic heterocycles. The fraction of sp³-hybridized carbons (Fsp3) is 0.0625. The van der Waals surface area contributed by atoms with Crippen LogP contribution in [0.2, 0.25) is 0 Å². The summed E-state index contributed by atoms with van der Waals surface area (Å²) in [4.78, 5) is 4.42. The molecule has 118 valence electrons. The van der Waals surface area contributed by atoms with Gasteiger partial charge in [0.25, 0.3) is 0 Å². The molecular weight excluding hydrogens is 436 g/mol. The van der Waals surface area contributed by atoms with E-state index in [1.807, 2.05) is 29.6 Å². The summed E-state index contributed by atoms with van der Waals surface area (Å²) >= 11 is 3.57. The van der Waals surface area contributed by atoms with Crippen molar-refractivity contribution < 1.29 is 13.2 Å². The number of benzene rings is 2. The van der Waals surface area contributed by atoms with Crippen molar-refractivity contribution in [2.24, 2.45) is 0 Å². The summed E-state index contributed by atoms with van der Waals surface area (Å²) in [5.41, 5.74) is 1.44. The maximum Gasteiger partial charge on any atom is 0.416 e. The van der Waals surface area contributed by atoms with Gasteiger partial charge in [-0.2, -0.15) is 13.2 Å². The number of anilines is 2. The molecule has 0 amide bonds. The van der Waals surface area contributed by atoms with Gasteiger partial charge in [0.1, 0.15) is 0 Å². The van der Waals surface area contributed by atoms with Crippen molar-refractivity contribution in [3.63, 3.8) is 0 Å². The van der Waals surface area contributed by atoms with Crippen molar-refractivity contribution >= 4 is 44.7 Å². The number of hydrogen-bond acceptors (Lipinski definition) is 3. The second-order valence-corrected chi connectivity index (χ2v) is 6.85. The van der Waals surface area contributed by atoms with Gasteiger partial charge in [-0.1, -0.05) is 18.2 Å². The van der Waals surface area contributed by atoms with Gasteiger partial charge in [-0.15, -0.1) is 11.3 Å². The molecule has 0 saturated heterocycles. The van der Waals surface area contributed by atoms with Crippen LogP contribution in [-0.2, 0) is 6.18 Å². The summed E-state index contributed by atoms with van der Waals surface area (Å²) in [6.45, 7) is 0. The Morgan fingerprint density at radius 1 is 1.04 bits per heavy atom. The number of hydrogen-bond donors (Lipinski definition) is 1. The Bertz CT molecular complexity index is 813. The first kappa shape index (κ1) is 16.3. The Balaban J connectivity index is 1.81. The summed E-state index contributed by atoms with van der Waals surface area (Å²) in [7, 11) is 0. The van der Waals surface area contributed by atoms with Gasteiger partial charge < -0.3 is 5.32 Å². The zero-order valence-electron chi connectivity index (χ0n) is 11.6. The molecule has 0 unspecified atom stereocenters. The number of thiazole rings is 1. The highest BCUT2D eigenvalue weighted by atomic mass is 127. The number of rotatable bonds is 3. The van der Waals surface area contributed by atoms with Crippen molar-refractivity contribution in [1.82, 2.24) is 4.98 Å². The van der Waals surface area contributed by atoms with Gasteiger partial charge in [-0.25, -0.2) is 4.98 Å². The number of aromatic nitrogens is 1. The SMILES string of the molecule is FC(F)(F)c1cccc(Nc2nc(-c3ccc(I)cc3)cs2)c1. The Kier molecular flexibility index (Phi) is 4.58. The lowest BCUT2D eigenvalue weighted by molar-refractivity contribution is -0.137. The van der Waals surface area contributed by atoms with Crippen LogP contribution in [0.15, 0.2) is 53.9 Å². The third-order valence-corrected chi connectivity index (χ3v) is 4.56. The molecule has 0 fully saturated rings. The molecule has 3 aromatic rings. The van der Waals surface area contributed by atoms with Gasteiger partial charge >= 0.3 is 6.18 Å². The topological polar surface area (TPSA) is 24.9 Å². The summed E-state index contributed by atoms with van der Waals surface area (Å²) in [6.07, 6.45) is -4.35. The van der Waals surface area contributed by atoms with Crippen LogP contribution in [0.5, 0.6) is 0 Å². The van der Waals surface area contributed by atoms with Crippen molar-refractivity contribution in [1.29, 1.82) is 0 Å². The standard InChI is InChI=1S/C16H10F3IN2S/c17-16(18,19)11-2-1-3-13(8-11)21-15-22-14(9-23-15)10-4-6-12(20)7-5-10/h1-9H,(H,21,22). The van der Waals surface area contributed by atoms with Crippen LogP contribution in [0.3, 0.4) is 0 Å². The maximum absolute atomic E-state index is 12.7. The molecule has 0 bridgehead atoms. The summed E-state index contributed by atoms with van der Waals surface area (Å²) < 4.78 is 39.3. The molecule has 0 aliphatic heterocycles. The highest BCUT2D eigenvalue weighted by molar-refractivity contribution is 14.1. The fourth-order valence-electron chi connectivity index (χ4n) is 1.98. The smallest absolute Gasteiger partial charge is 0.332 e. The number of nitrogens with one attached hydrogen (secondary N) is 1. The van der Waals surface area contributed by atoms with E-state index in [1.165, 1.54) is 17.4 Å². The van der Waals surface area contributed by atoms with Crippen molar-refractivity contribution in [2.75, 3.05) is 5.32 Å². The average molecular weight is 446 g/mol. The fourth-order valence-corrected chi connectivity index (χ4v) is 3.08. The maximum atomic E-state index is 12.7. The Morgan fingerprint density at radius 2 is 1.78 bits per heavy atom. The van der Waals surface area contributed by atoms with Gasteiger partial charge in [-0.05, 0) is 52.9 Å². The minimum Gasteiger partial charge on any atom is -0.332 e. The van der Waals surface area contributed by atoms with E-state index in [4.69, 9.17) is 0 Å². The van der Waals surface area contributed by atoms with Gasteiger partial charge in [0, 0.05) is 20.2 Å². The van der Waals surface area contributed by atoms with E-state index in [0.29, 0.717) is 10.8 Å². The third-order valence-electron chi connectivity index (χ3n) is 3.09. The molecule has 1 heterocycles. The van der Waals surface area contributed by atoms with E-state index >= 15 is 0 Å². The van der Waals surface area contributed by atoms with E-state index in [0.717, 1.165) is 27.0 Å². The molecule has 3 rings (SSSR count). The minimum absolute atomic E-state index is 0.364. The van der Waals surface area contributed by atoms with E-state index < -0.39 is 11.7 Å². The first-order chi connectivity index (χ1) is 10.9. The lowest BCUT2D eigenvalue weighted by atomic mass is 10.2. The van der Waals surface area contributed by atoms with E-state index in [9.17, 15) is 13.2 Å². The minimum atomic E-state index is -4.35. The van der Waals surface area contributed by atoms with Crippen molar-refractivity contribution in [3.05, 3.63) is 63.0 Å². The number of nitrogens with zero attached hydrogens (tertiary/aromatic N) is 1. The van der Waals surface area contributed by atoms with E-state index in [2.05, 4.69) is 32.9 Å². The zero-order valence-corrected chi connectivity index (χ0v) is 14.5. The third kappa shape index (κ3) is 4.03. The molecule has 2 nitrogen and oxygen atoms in total. The highest BCUT2D eigenvalue weighted by Crippen LogP contribution is 2.32. The molecule has 0 radical (unpaired) electrons. The highest BCUT2D eigenvalue weighted by Gasteiger charge is 2.30. The molecule has 0 spiro atoms. The summed E-state index contributed by atoms with van der Waals surface area (Å²) in [5, 5.41) is 5.35. The van der Waals surface area contributed by atoms with E-state index in [1.54, 1.807) is 6.07 Å². The van der Waals surface area contributed by atoms with Gasteiger partial charge in [0.05, 0.1) is 11.3 Å². The summed E-state index contributed by atoms with van der Waals surface area (Å²) in [5.74, 6) is 0. The molecule has 23 heavy (non-hydrogen) atoms. The lowest BCUT2D eigenvalue weighted by Gasteiger charge is -2.08. The first-order valence-electron chi connectivity index (χ1n) is 6.57. The molecule has 0 saturated carbocycles. The molecule has 1 N–H and O–H groups in total. The van der Waals surface area contributed by atoms with Crippen LogP contribution in [0.4, 0.5) is 24.0 Å². The molecule has 0 atom stereocenters. The van der Waals surface area contributed by atoms with Crippen LogP contribution < -0.4 is 5.32 Å². The van der Waals surface area contributed by atoms with Crippen molar-refractivity contribution in [3.8, 4) is 11.3 Å². The predicted octanol–water partition coefficient (Wildman–Crippen LogP) is 6.18. The number of halogens is 4. The van der Waals surface area contributed by atoms with Crippen LogP contribution >= 0.6 is 33.9 Å². The van der Waals surface area contributed by atoms with Crippen LogP contribution in [0.25, 0.3) is 11.3 Å². The zero-order chi connectivity index (χ0) is 16.4. The van der Waals surface area contributed by atoms with Crippen LogP contribution in [0, 0.1) is 3.57 Å². The first-order valence-corrected chi connectivity index (χ1v) is 8.53. The molecule has 0 aliphatic carbocycles. The van der Waals surface area contributed by atoms with Crippen LogP contribution in [0.1, 0.15) is 5.56 Å². The number of alkyl halides is 3.